The SMILES string of the molecule is CCOC(=O)CN=C1C(=O)[C@@H]2C[C@@H]2/C1=C(/N)C(F)(F)F. The number of nitrogens with two attached hydrogens (primary N) is 1. The van der Waals surface area contributed by atoms with Crippen molar-refractivity contribution in [2.24, 2.45) is 22.6 Å². The molecular formula is C12H13F3N2O3. The molecule has 0 aromatic carbocycles. The first-order valence-electron chi connectivity index (χ1n) is 6.08. The van der Waals surface area contributed by atoms with E-state index in [9.17, 15) is 22.8 Å². The number of hydrogen-bond acceptors (Lipinski definition) is 5. The van der Waals surface area contributed by atoms with Gasteiger partial charge in [0.05, 0.1) is 6.61 Å². The molecule has 2 fully saturated rings. The lowest BCUT2D eigenvalue weighted by molar-refractivity contribution is -0.141. The number of ketones is 1. The maximum atomic E-state index is 12.7. The highest BCUT2D eigenvalue weighted by Crippen LogP contribution is 2.53. The predicted molar refractivity (Wildman–Crippen MR) is 62.8 cm³/mol. The Morgan fingerprint density at radius 2 is 2.10 bits per heavy atom. The Bertz CT molecular complexity index is 523. The first-order chi connectivity index (χ1) is 9.27. The molecule has 0 aliphatic heterocycles. The number of carbonyl (C=O) groups is 2. The fraction of sp³-hybridized carbons (Fsp3) is 0.583. The molecule has 0 aromatic heterocycles. The molecule has 2 aliphatic rings. The van der Waals surface area contributed by atoms with E-state index in [0.29, 0.717) is 6.42 Å². The van der Waals surface area contributed by atoms with Crippen LogP contribution in [0.5, 0.6) is 0 Å². The molecule has 0 amide bonds. The molecule has 20 heavy (non-hydrogen) atoms. The number of ether oxygens (including phenoxy) is 1. The standard InChI is InChI=1S/C12H13F3N2O3/c1-2-20-7(18)4-17-9-8(11(16)12(13,14)15)5-3-6(5)10(9)19/h5-6H,2-4,16H2,1H3/b11-8-,17-9?/t5-,6+/m0/s1. The quantitative estimate of drug-likeness (QED) is 0.786. The molecule has 0 bridgehead atoms. The van der Waals surface area contributed by atoms with Crippen molar-refractivity contribution in [2.45, 2.75) is 19.5 Å². The second-order valence-electron chi connectivity index (χ2n) is 4.61. The fourth-order valence-corrected chi connectivity index (χ4v) is 2.28. The number of aliphatic imine (C=N–C) groups is 1. The smallest absolute Gasteiger partial charge is 0.431 e. The molecule has 0 heterocycles. The van der Waals surface area contributed by atoms with Gasteiger partial charge in [-0.05, 0) is 19.3 Å². The zero-order chi connectivity index (χ0) is 15.1. The average molecular weight is 290 g/mol. The number of halogens is 3. The van der Waals surface area contributed by atoms with E-state index in [2.05, 4.69) is 9.73 Å². The first-order valence-corrected chi connectivity index (χ1v) is 6.08. The number of nitrogens with zero attached hydrogens (tertiary/aromatic N) is 1. The summed E-state index contributed by atoms with van der Waals surface area (Å²) in [7, 11) is 0. The average Bonchev–Trinajstić information content (AvgIpc) is 3.07. The summed E-state index contributed by atoms with van der Waals surface area (Å²) < 4.78 is 42.6. The molecule has 0 radical (unpaired) electrons. The van der Waals surface area contributed by atoms with Gasteiger partial charge >= 0.3 is 12.1 Å². The highest BCUT2D eigenvalue weighted by Gasteiger charge is 2.58. The predicted octanol–water partition coefficient (Wildman–Crippen LogP) is 0.984. The Morgan fingerprint density at radius 3 is 2.65 bits per heavy atom. The van der Waals surface area contributed by atoms with Gasteiger partial charge in [-0.15, -0.1) is 0 Å². The van der Waals surface area contributed by atoms with Gasteiger partial charge in [-0.3, -0.25) is 14.6 Å². The third kappa shape index (κ3) is 2.54. The molecule has 2 aliphatic carbocycles. The van der Waals surface area contributed by atoms with Gasteiger partial charge in [0.15, 0.2) is 5.78 Å². The van der Waals surface area contributed by atoms with Crippen LogP contribution in [-0.4, -0.2) is 36.8 Å². The molecule has 0 spiro atoms. The van der Waals surface area contributed by atoms with E-state index in [-0.39, 0.29) is 17.9 Å². The third-order valence-electron chi connectivity index (χ3n) is 3.25. The molecule has 0 unspecified atom stereocenters. The molecule has 2 rings (SSSR count). The van der Waals surface area contributed by atoms with Gasteiger partial charge in [0, 0.05) is 11.5 Å². The maximum absolute atomic E-state index is 12.7. The van der Waals surface area contributed by atoms with Gasteiger partial charge in [0.2, 0.25) is 0 Å². The number of fused-ring (bicyclic) bond motifs is 1. The molecule has 5 nitrogen and oxygen atoms in total. The zero-order valence-corrected chi connectivity index (χ0v) is 10.7. The van der Waals surface area contributed by atoms with Crippen LogP contribution < -0.4 is 5.73 Å². The van der Waals surface area contributed by atoms with Crippen molar-refractivity contribution in [1.82, 2.24) is 0 Å². The highest BCUT2D eigenvalue weighted by molar-refractivity contribution is 6.51. The van der Waals surface area contributed by atoms with Crippen LogP contribution in [0.1, 0.15) is 13.3 Å². The number of alkyl halides is 3. The maximum Gasteiger partial charge on any atom is 0.431 e. The molecule has 2 saturated carbocycles. The first kappa shape index (κ1) is 14.5. The van der Waals surface area contributed by atoms with Crippen molar-refractivity contribution >= 4 is 17.5 Å². The minimum atomic E-state index is -4.71. The Balaban J connectivity index is 2.29. The van der Waals surface area contributed by atoms with Gasteiger partial charge in [-0.25, -0.2) is 0 Å². The van der Waals surface area contributed by atoms with Gasteiger partial charge in [0.1, 0.15) is 18.0 Å². The summed E-state index contributed by atoms with van der Waals surface area (Å²) >= 11 is 0. The minimum Gasteiger partial charge on any atom is -0.465 e. The van der Waals surface area contributed by atoms with E-state index >= 15 is 0 Å². The highest BCUT2D eigenvalue weighted by atomic mass is 19.4. The summed E-state index contributed by atoms with van der Waals surface area (Å²) in [5.41, 5.74) is 3.21. The Hall–Kier alpha value is -1.86. The fourth-order valence-electron chi connectivity index (χ4n) is 2.28. The van der Waals surface area contributed by atoms with Crippen molar-refractivity contribution in [2.75, 3.05) is 13.2 Å². The van der Waals surface area contributed by atoms with Crippen LogP contribution >= 0.6 is 0 Å². The zero-order valence-electron chi connectivity index (χ0n) is 10.7. The van der Waals surface area contributed by atoms with E-state index in [1.807, 2.05) is 0 Å². The van der Waals surface area contributed by atoms with Crippen LogP contribution in [0.2, 0.25) is 0 Å². The van der Waals surface area contributed by atoms with E-state index < -0.39 is 42.0 Å². The monoisotopic (exact) mass is 290 g/mol. The normalized spacial score (nSPS) is 29.4. The summed E-state index contributed by atoms with van der Waals surface area (Å²) in [5.74, 6) is -2.14. The van der Waals surface area contributed by atoms with E-state index in [1.54, 1.807) is 6.92 Å². The van der Waals surface area contributed by atoms with Gasteiger partial charge in [-0.2, -0.15) is 13.2 Å². The lowest BCUT2D eigenvalue weighted by Gasteiger charge is -2.12. The molecule has 8 heteroatoms. The molecule has 110 valence electrons. The molecule has 2 N–H and O–H groups in total. The van der Waals surface area contributed by atoms with Crippen molar-refractivity contribution < 1.29 is 27.5 Å². The Morgan fingerprint density at radius 1 is 1.45 bits per heavy atom. The van der Waals surface area contributed by atoms with Gasteiger partial charge in [-0.1, -0.05) is 0 Å². The van der Waals surface area contributed by atoms with Crippen LogP contribution in [-0.2, 0) is 14.3 Å². The van der Waals surface area contributed by atoms with Crippen LogP contribution in [0.3, 0.4) is 0 Å². The Labute approximate surface area is 112 Å². The summed E-state index contributed by atoms with van der Waals surface area (Å²) in [6, 6.07) is 0. The number of rotatable bonds is 3. The van der Waals surface area contributed by atoms with Crippen LogP contribution in [0.15, 0.2) is 16.3 Å². The topological polar surface area (TPSA) is 81.8 Å². The van der Waals surface area contributed by atoms with Crippen molar-refractivity contribution in [3.63, 3.8) is 0 Å². The number of allylic oxidation sites excluding steroid dienone is 2. The van der Waals surface area contributed by atoms with Crippen LogP contribution in [0, 0.1) is 11.8 Å². The summed E-state index contributed by atoms with van der Waals surface area (Å²) in [4.78, 5) is 26.7. The van der Waals surface area contributed by atoms with Crippen molar-refractivity contribution in [3.05, 3.63) is 11.3 Å². The third-order valence-corrected chi connectivity index (χ3v) is 3.25. The summed E-state index contributed by atoms with van der Waals surface area (Å²) in [6.07, 6.45) is -4.35. The second-order valence-corrected chi connectivity index (χ2v) is 4.61. The van der Waals surface area contributed by atoms with Gasteiger partial charge < -0.3 is 10.5 Å². The van der Waals surface area contributed by atoms with E-state index in [4.69, 9.17) is 5.73 Å². The van der Waals surface area contributed by atoms with E-state index in [1.165, 1.54) is 0 Å². The van der Waals surface area contributed by atoms with Crippen LogP contribution in [0.25, 0.3) is 0 Å². The van der Waals surface area contributed by atoms with Crippen molar-refractivity contribution in [3.8, 4) is 0 Å². The van der Waals surface area contributed by atoms with Crippen molar-refractivity contribution in [1.29, 1.82) is 0 Å². The largest absolute Gasteiger partial charge is 0.465 e. The molecular weight excluding hydrogens is 277 g/mol. The van der Waals surface area contributed by atoms with Gasteiger partial charge in [0.25, 0.3) is 0 Å². The molecule has 0 saturated heterocycles. The summed E-state index contributed by atoms with van der Waals surface area (Å²) in [6.45, 7) is 1.24. The lowest BCUT2D eigenvalue weighted by Crippen LogP contribution is -2.26. The lowest BCUT2D eigenvalue weighted by atomic mass is 10.1. The number of carbonyl (C=O) groups excluding carboxylic acids is 2. The number of esters is 1. The molecule has 0 aromatic rings. The minimum absolute atomic E-state index is 0.135. The number of hydrogen-bond donors (Lipinski definition) is 1. The van der Waals surface area contributed by atoms with E-state index in [0.717, 1.165) is 0 Å². The molecule has 2 atom stereocenters. The number of Topliss-reactive ketones (excluding diaryl/α,β-unsaturated/α-hetero) is 1. The summed E-state index contributed by atoms with van der Waals surface area (Å²) in [5, 5.41) is 0. The second kappa shape index (κ2) is 4.92. The Kier molecular flexibility index (Phi) is 3.58. The van der Waals surface area contributed by atoms with Crippen LogP contribution in [0.4, 0.5) is 13.2 Å².